The lowest BCUT2D eigenvalue weighted by molar-refractivity contribution is 0.792. The molecular weight excluding hydrogens is 1480 g/mol. The first-order chi connectivity index (χ1) is 59.5. The Labute approximate surface area is 714 Å². The van der Waals surface area contributed by atoms with Crippen LogP contribution in [0, 0.1) is 0 Å². The van der Waals surface area contributed by atoms with Crippen molar-refractivity contribution in [3.8, 4) is 32.7 Å². The normalized spacial score (nSPS) is 9.88. The highest BCUT2D eigenvalue weighted by Gasteiger charge is 2.01. The Morgan fingerprint density at radius 2 is 0.633 bits per heavy atom. The topological polar surface area (TPSA) is 129 Å². The van der Waals surface area contributed by atoms with Gasteiger partial charge >= 0.3 is 0 Å². The largest absolute Gasteiger partial charge is 0.265 e. The Morgan fingerprint density at radius 1 is 0.258 bits per heavy atom. The van der Waals surface area contributed by atoms with Crippen LogP contribution in [0.1, 0.15) is 94.3 Å². The summed E-state index contributed by atoms with van der Waals surface area (Å²) in [6.07, 6.45) is 52.9. The van der Waals surface area contributed by atoms with Crippen LogP contribution in [0.15, 0.2) is 463 Å². The Balaban J connectivity index is 0.000000153. The van der Waals surface area contributed by atoms with Gasteiger partial charge in [-0.1, -0.05) is 276 Å². The number of nitrogens with zero attached hydrogens (tertiary/aromatic N) is 10. The fraction of sp³-hybridized carbons (Fsp3) is 0.101. The lowest BCUT2D eigenvalue weighted by Crippen LogP contribution is -1.89. The zero-order chi connectivity index (χ0) is 83.3. The van der Waals surface area contributed by atoms with Crippen LogP contribution in [0.4, 0.5) is 0 Å². The number of aryl methyl sites for hydroxylation is 4. The Bertz CT molecular complexity index is 5190. The molecule has 0 bridgehead atoms. The maximum atomic E-state index is 4.08. The zero-order valence-corrected chi connectivity index (χ0v) is 69.3. The fourth-order valence-corrected chi connectivity index (χ4v) is 12.5. The Morgan fingerprint density at radius 3 is 1.10 bits per heavy atom. The van der Waals surface area contributed by atoms with E-state index in [2.05, 4.69) is 282 Å². The van der Waals surface area contributed by atoms with E-state index in [9.17, 15) is 0 Å². The van der Waals surface area contributed by atoms with Crippen molar-refractivity contribution in [2.45, 2.75) is 71.6 Å². The average molecular weight is 1590 g/mol. The molecule has 0 saturated heterocycles. The molecule has 0 unspecified atom stereocenters. The number of hydrogen-bond donors (Lipinski definition) is 0. The SMILES string of the molecule is C(=C\c1cccc2ccccc12)/c1ccncc1.C=Cc1ccncc1.CCCCc1cccnc1.CCc1cccnc1.c1ccc(-c2cccnc2)cc1.c1ccc(-c2ccncc2)cc1.c1ccc(CCCc2ccncc2)cc1.c1ccc(Cc2cccnc2)cc1.c1ccc(Cc2ccncc2)cc1.c1cncc(-c2cccs2)c1. The molecule has 11 heteroatoms. The zero-order valence-electron chi connectivity index (χ0n) is 68.5. The van der Waals surface area contributed by atoms with Crippen molar-refractivity contribution >= 4 is 40.3 Å². The summed E-state index contributed by atoms with van der Waals surface area (Å²) in [5, 5.41) is 4.63. The van der Waals surface area contributed by atoms with E-state index in [0.29, 0.717) is 0 Å². The first-order valence-electron chi connectivity index (χ1n) is 40.5. The third-order valence-electron chi connectivity index (χ3n) is 18.1. The molecule has 11 aromatic heterocycles. The van der Waals surface area contributed by atoms with Crippen LogP contribution in [0.2, 0.25) is 0 Å². The number of fused-ring (bicyclic) bond motifs is 1. The summed E-state index contributed by atoms with van der Waals surface area (Å²) in [5.41, 5.74) is 20.2. The van der Waals surface area contributed by atoms with Crippen molar-refractivity contribution in [3.63, 3.8) is 0 Å². The highest BCUT2D eigenvalue weighted by Crippen LogP contribution is 2.24. The van der Waals surface area contributed by atoms with Gasteiger partial charge in [-0.2, -0.15) is 0 Å². The summed E-state index contributed by atoms with van der Waals surface area (Å²) in [7, 11) is 0. The van der Waals surface area contributed by atoms with Gasteiger partial charge in [-0.3, -0.25) is 49.8 Å². The van der Waals surface area contributed by atoms with Crippen LogP contribution < -0.4 is 0 Å². The fourth-order valence-electron chi connectivity index (χ4n) is 11.7. The Hall–Kier alpha value is -14.5. The van der Waals surface area contributed by atoms with Crippen molar-refractivity contribution in [2.24, 2.45) is 0 Å². The summed E-state index contributed by atoms with van der Waals surface area (Å²) in [6.45, 7) is 7.93. The van der Waals surface area contributed by atoms with Crippen LogP contribution in [0.5, 0.6) is 0 Å². The van der Waals surface area contributed by atoms with Gasteiger partial charge in [0.2, 0.25) is 0 Å². The number of hydrogen-bond acceptors (Lipinski definition) is 11. The second-order valence-corrected chi connectivity index (χ2v) is 28.0. The average Bonchev–Trinajstić information content (AvgIpc) is 0.903. The van der Waals surface area contributed by atoms with Crippen molar-refractivity contribution in [3.05, 3.63) is 525 Å². The number of pyridine rings is 10. The second-order valence-electron chi connectivity index (χ2n) is 27.0. The van der Waals surface area contributed by atoms with E-state index in [4.69, 9.17) is 0 Å². The summed E-state index contributed by atoms with van der Waals surface area (Å²) in [6, 6.07) is 111. The van der Waals surface area contributed by atoms with Gasteiger partial charge in [-0.05, 0) is 248 Å². The third kappa shape index (κ3) is 36.5. The van der Waals surface area contributed by atoms with Gasteiger partial charge in [-0.25, -0.2) is 0 Å². The number of thiophene rings is 1. The molecule has 10 nitrogen and oxygen atoms in total. The molecule has 11 heterocycles. The monoisotopic (exact) mass is 1580 g/mol. The number of aromatic nitrogens is 10. The molecule has 18 aromatic rings. The maximum Gasteiger partial charge on any atom is 0.0358 e. The van der Waals surface area contributed by atoms with Crippen molar-refractivity contribution in [2.75, 3.05) is 0 Å². The smallest absolute Gasteiger partial charge is 0.0358 e. The van der Waals surface area contributed by atoms with Crippen molar-refractivity contribution in [1.29, 1.82) is 0 Å². The molecule has 596 valence electrons. The van der Waals surface area contributed by atoms with Crippen LogP contribution in [-0.4, -0.2) is 49.8 Å². The minimum absolute atomic E-state index is 0.967. The number of benzene rings is 7. The molecule has 0 atom stereocenters. The summed E-state index contributed by atoms with van der Waals surface area (Å²) >= 11 is 1.74. The molecule has 18 rings (SSSR count). The molecule has 7 aromatic carbocycles. The standard InChI is InChI=1S/C17H13N.C14H15N.2C12H11N.2C11H9N.C9H7NS.C9H13N.C7H7N.C7H9N/c1-2-7-17-15(4-1)5-3-6-16(17)9-8-14-10-12-18-13-11-14;1-2-5-13(6-3-1)7-4-8-14-9-11-15-12-10-14;1-2-5-11(6-3-1)9-12-7-4-8-13-10-12;1-2-4-11(5-3-1)10-12-6-8-13-9-7-12;1-2-5-10(6-3-1)11-7-4-8-12-9-11;1-2-4-10(5-3-1)11-6-8-12-9-7-11;1-3-8(7-10-5-1)9-4-2-6-11-9;1-2-3-5-9-6-4-7-10-8-9;1-2-7-3-5-8-6-4-7;1-2-7-4-3-5-8-6-7/h1-13H;1-3,5-6,9-12H,4,7-8H2;1-8,10H,9H2;1-9H,10H2;2*1-9H;1-7H;4,6-8H,2-3,5H2,1H3;2-6H,1H2;3-6H,2H2,1H3/b9-8+;;;;;;;;;. The van der Waals surface area contributed by atoms with Gasteiger partial charge in [0.15, 0.2) is 0 Å². The molecule has 0 saturated carbocycles. The van der Waals surface area contributed by atoms with E-state index in [0.717, 1.165) is 48.8 Å². The molecule has 0 spiro atoms. The highest BCUT2D eigenvalue weighted by molar-refractivity contribution is 7.13. The van der Waals surface area contributed by atoms with E-state index < -0.39 is 0 Å². The third-order valence-corrected chi connectivity index (χ3v) is 19.0. The van der Waals surface area contributed by atoms with Crippen molar-refractivity contribution < 1.29 is 0 Å². The lowest BCUT2D eigenvalue weighted by Gasteiger charge is -2.01. The minimum atomic E-state index is 0.967. The second kappa shape index (κ2) is 56.7. The predicted molar refractivity (Wildman–Crippen MR) is 504 cm³/mol. The molecule has 120 heavy (non-hydrogen) atoms. The van der Waals surface area contributed by atoms with E-state index >= 15 is 0 Å². The molecular formula is C109H104N10S. The van der Waals surface area contributed by atoms with Gasteiger partial charge in [0.05, 0.1) is 0 Å². The lowest BCUT2D eigenvalue weighted by atomic mass is 10.0. The summed E-state index contributed by atoms with van der Waals surface area (Å²) in [5.74, 6) is 0. The number of rotatable bonds is 18. The van der Waals surface area contributed by atoms with Crippen LogP contribution in [0.25, 0.3) is 61.7 Å². The van der Waals surface area contributed by atoms with E-state index in [1.807, 2.05) is 220 Å². The first-order valence-corrected chi connectivity index (χ1v) is 41.4. The molecule has 0 N–H and O–H groups in total. The highest BCUT2D eigenvalue weighted by atomic mass is 32.1. The van der Waals surface area contributed by atoms with Gasteiger partial charge in [0.1, 0.15) is 0 Å². The van der Waals surface area contributed by atoms with E-state index in [1.54, 1.807) is 54.6 Å². The first kappa shape index (κ1) is 89.4. The molecule has 0 radical (unpaired) electrons. The molecule has 0 aliphatic rings. The van der Waals surface area contributed by atoms with Gasteiger partial charge in [0.25, 0.3) is 0 Å². The Kier molecular flexibility index (Phi) is 42.2. The van der Waals surface area contributed by atoms with E-state index in [-0.39, 0.29) is 0 Å². The molecule has 0 fully saturated rings. The number of unbranched alkanes of at least 4 members (excludes halogenated alkanes) is 1. The molecule has 0 aliphatic heterocycles. The summed E-state index contributed by atoms with van der Waals surface area (Å²) in [4.78, 5) is 41.3. The van der Waals surface area contributed by atoms with Crippen molar-refractivity contribution in [1.82, 2.24) is 49.8 Å². The quantitative estimate of drug-likeness (QED) is 0.0819. The van der Waals surface area contributed by atoms with Gasteiger partial charge in [0, 0.05) is 134 Å². The van der Waals surface area contributed by atoms with Gasteiger partial charge in [-0.15, -0.1) is 11.3 Å². The molecule has 0 aliphatic carbocycles. The maximum absolute atomic E-state index is 4.08. The predicted octanol–water partition coefficient (Wildman–Crippen LogP) is 27.1. The van der Waals surface area contributed by atoms with Crippen LogP contribution in [-0.2, 0) is 38.5 Å². The van der Waals surface area contributed by atoms with Crippen LogP contribution >= 0.6 is 11.3 Å². The van der Waals surface area contributed by atoms with Gasteiger partial charge < -0.3 is 0 Å². The summed E-state index contributed by atoms with van der Waals surface area (Å²) < 4.78 is 0. The van der Waals surface area contributed by atoms with Crippen LogP contribution in [0.3, 0.4) is 0 Å². The molecule has 0 amide bonds. The van der Waals surface area contributed by atoms with E-state index in [1.165, 1.54) is 114 Å². The minimum Gasteiger partial charge on any atom is -0.265 e.